The van der Waals surface area contributed by atoms with E-state index >= 15 is 0 Å². The predicted molar refractivity (Wildman–Crippen MR) is 122 cm³/mol. The number of benzene rings is 2. The second-order valence-corrected chi connectivity index (χ2v) is 8.10. The van der Waals surface area contributed by atoms with Crippen LogP contribution in [0.15, 0.2) is 58.2 Å². The lowest BCUT2D eigenvalue weighted by atomic mass is 10.1. The SMILES string of the molecule is CCc1ccccc1Nc1nc(N)nc(CSc2n[nH]c(-c3ccccc3Br)n2)n1. The van der Waals surface area contributed by atoms with Gasteiger partial charge in [-0.1, -0.05) is 71.0 Å². The highest BCUT2D eigenvalue weighted by molar-refractivity contribution is 9.10. The molecule has 0 amide bonds. The van der Waals surface area contributed by atoms with Crippen LogP contribution < -0.4 is 11.1 Å². The van der Waals surface area contributed by atoms with Crippen molar-refractivity contribution >= 4 is 45.3 Å². The van der Waals surface area contributed by atoms with Gasteiger partial charge in [-0.05, 0) is 24.1 Å². The molecule has 0 saturated heterocycles. The minimum atomic E-state index is 0.168. The van der Waals surface area contributed by atoms with Gasteiger partial charge in [0.15, 0.2) is 5.82 Å². The number of halogens is 1. The van der Waals surface area contributed by atoms with Crippen molar-refractivity contribution in [3.05, 3.63) is 64.4 Å². The minimum Gasteiger partial charge on any atom is -0.368 e. The van der Waals surface area contributed by atoms with E-state index in [1.54, 1.807) is 0 Å². The van der Waals surface area contributed by atoms with Crippen LogP contribution in [0.5, 0.6) is 0 Å². The van der Waals surface area contributed by atoms with Crippen molar-refractivity contribution in [3.8, 4) is 11.4 Å². The molecule has 30 heavy (non-hydrogen) atoms. The van der Waals surface area contributed by atoms with Gasteiger partial charge < -0.3 is 11.1 Å². The molecule has 0 aliphatic carbocycles. The smallest absolute Gasteiger partial charge is 0.232 e. The number of hydrogen-bond acceptors (Lipinski definition) is 8. The number of aromatic nitrogens is 6. The molecule has 0 fully saturated rings. The monoisotopic (exact) mass is 482 g/mol. The molecule has 0 bridgehead atoms. The van der Waals surface area contributed by atoms with E-state index in [1.165, 1.54) is 17.3 Å². The van der Waals surface area contributed by atoms with Gasteiger partial charge in [0.25, 0.3) is 0 Å². The van der Waals surface area contributed by atoms with E-state index in [-0.39, 0.29) is 5.95 Å². The second-order valence-electron chi connectivity index (χ2n) is 6.30. The van der Waals surface area contributed by atoms with Gasteiger partial charge in [-0.2, -0.15) is 15.0 Å². The summed E-state index contributed by atoms with van der Waals surface area (Å²) < 4.78 is 0.950. The van der Waals surface area contributed by atoms with Gasteiger partial charge in [0.05, 0.1) is 5.75 Å². The van der Waals surface area contributed by atoms with E-state index in [2.05, 4.69) is 64.4 Å². The highest BCUT2D eigenvalue weighted by Gasteiger charge is 2.11. The molecule has 0 radical (unpaired) electrons. The van der Waals surface area contributed by atoms with E-state index < -0.39 is 0 Å². The van der Waals surface area contributed by atoms with E-state index in [1.807, 2.05) is 42.5 Å². The van der Waals surface area contributed by atoms with Crippen molar-refractivity contribution in [1.82, 2.24) is 30.1 Å². The Kier molecular flexibility index (Phi) is 6.24. The fraction of sp³-hybridized carbons (Fsp3) is 0.150. The number of aromatic amines is 1. The van der Waals surface area contributed by atoms with Crippen LogP contribution in [0, 0.1) is 0 Å². The van der Waals surface area contributed by atoms with Crippen LogP contribution in [-0.4, -0.2) is 30.1 Å². The van der Waals surface area contributed by atoms with E-state index in [0.717, 1.165) is 22.1 Å². The Morgan fingerprint density at radius 2 is 1.83 bits per heavy atom. The summed E-state index contributed by atoms with van der Waals surface area (Å²) in [4.78, 5) is 17.5. The summed E-state index contributed by atoms with van der Waals surface area (Å²) in [5.74, 6) is 2.29. The first-order chi connectivity index (χ1) is 14.6. The van der Waals surface area contributed by atoms with Gasteiger partial charge in [0.2, 0.25) is 17.1 Å². The van der Waals surface area contributed by atoms with Crippen LogP contribution in [0.2, 0.25) is 0 Å². The summed E-state index contributed by atoms with van der Waals surface area (Å²) in [6.45, 7) is 2.10. The molecule has 0 aliphatic rings. The third-order valence-electron chi connectivity index (χ3n) is 4.27. The number of para-hydroxylation sites is 1. The molecular formula is C20H19BrN8S. The summed E-state index contributed by atoms with van der Waals surface area (Å²) in [6.07, 6.45) is 0.900. The van der Waals surface area contributed by atoms with Crippen LogP contribution in [0.3, 0.4) is 0 Å². The molecule has 2 heterocycles. The average molecular weight is 483 g/mol. The van der Waals surface area contributed by atoms with E-state index in [9.17, 15) is 0 Å². The topological polar surface area (TPSA) is 118 Å². The lowest BCUT2D eigenvalue weighted by Crippen LogP contribution is -2.07. The Morgan fingerprint density at radius 1 is 1.03 bits per heavy atom. The molecule has 8 nitrogen and oxygen atoms in total. The van der Waals surface area contributed by atoms with Gasteiger partial charge in [-0.25, -0.2) is 4.98 Å². The maximum Gasteiger partial charge on any atom is 0.232 e. The zero-order valence-corrected chi connectivity index (χ0v) is 18.5. The van der Waals surface area contributed by atoms with Crippen molar-refractivity contribution < 1.29 is 0 Å². The van der Waals surface area contributed by atoms with Gasteiger partial charge in [0.1, 0.15) is 5.82 Å². The lowest BCUT2D eigenvalue weighted by Gasteiger charge is -2.10. The van der Waals surface area contributed by atoms with E-state index in [0.29, 0.717) is 28.5 Å². The molecule has 0 aliphatic heterocycles. The number of rotatable bonds is 7. The summed E-state index contributed by atoms with van der Waals surface area (Å²) in [6, 6.07) is 15.9. The lowest BCUT2D eigenvalue weighted by molar-refractivity contribution is 0.955. The Hall–Kier alpha value is -2.98. The normalized spacial score (nSPS) is 10.9. The summed E-state index contributed by atoms with van der Waals surface area (Å²) >= 11 is 4.95. The Balaban J connectivity index is 1.47. The van der Waals surface area contributed by atoms with Crippen LogP contribution >= 0.6 is 27.7 Å². The fourth-order valence-corrected chi connectivity index (χ4v) is 3.97. The molecule has 10 heteroatoms. The predicted octanol–water partition coefficient (Wildman–Crippen LogP) is 4.60. The Bertz CT molecular complexity index is 1160. The number of anilines is 3. The molecule has 2 aromatic heterocycles. The average Bonchev–Trinajstić information content (AvgIpc) is 3.21. The van der Waals surface area contributed by atoms with Gasteiger partial charge in [0, 0.05) is 15.7 Å². The molecule has 4 rings (SSSR count). The van der Waals surface area contributed by atoms with Crippen molar-refractivity contribution in [3.63, 3.8) is 0 Å². The molecule has 2 aromatic carbocycles. The zero-order valence-electron chi connectivity index (χ0n) is 16.1. The van der Waals surface area contributed by atoms with Gasteiger partial charge in [-0.3, -0.25) is 5.10 Å². The van der Waals surface area contributed by atoms with Crippen LogP contribution in [0.4, 0.5) is 17.6 Å². The number of nitrogens with zero attached hydrogens (tertiary/aromatic N) is 5. The number of thioether (sulfide) groups is 1. The number of aryl methyl sites for hydroxylation is 1. The van der Waals surface area contributed by atoms with Gasteiger partial charge >= 0.3 is 0 Å². The van der Waals surface area contributed by atoms with Crippen LogP contribution in [0.1, 0.15) is 18.3 Å². The third-order valence-corrected chi connectivity index (χ3v) is 5.80. The molecule has 152 valence electrons. The fourth-order valence-electron chi connectivity index (χ4n) is 2.84. The third kappa shape index (κ3) is 4.77. The number of nitrogens with one attached hydrogen (secondary N) is 2. The largest absolute Gasteiger partial charge is 0.368 e. The van der Waals surface area contributed by atoms with Crippen LogP contribution in [0.25, 0.3) is 11.4 Å². The zero-order chi connectivity index (χ0) is 20.9. The molecule has 4 aromatic rings. The molecule has 0 atom stereocenters. The Labute approximate surface area is 186 Å². The Morgan fingerprint density at radius 3 is 2.67 bits per heavy atom. The maximum atomic E-state index is 5.90. The summed E-state index contributed by atoms with van der Waals surface area (Å²) in [5.41, 5.74) is 8.97. The molecular weight excluding hydrogens is 464 g/mol. The number of nitrogen functional groups attached to an aromatic ring is 1. The summed E-state index contributed by atoms with van der Waals surface area (Å²) in [7, 11) is 0. The molecule has 4 N–H and O–H groups in total. The first-order valence-corrected chi connectivity index (χ1v) is 11.1. The quantitative estimate of drug-likeness (QED) is 0.327. The molecule has 0 unspecified atom stereocenters. The number of H-pyrrole nitrogens is 1. The summed E-state index contributed by atoms with van der Waals surface area (Å²) in [5, 5.41) is 11.1. The van der Waals surface area contributed by atoms with Crippen molar-refractivity contribution in [2.75, 3.05) is 11.1 Å². The standard InChI is InChI=1S/C20H19BrN8S/c1-2-12-7-3-6-10-15(12)23-19-25-16(24-18(22)27-19)11-30-20-26-17(28-29-20)13-8-4-5-9-14(13)21/h3-10H,2,11H2,1H3,(H,26,28,29)(H3,22,23,24,25,27). The first kappa shape index (κ1) is 20.3. The van der Waals surface area contributed by atoms with Crippen molar-refractivity contribution in [2.45, 2.75) is 24.3 Å². The molecule has 0 saturated carbocycles. The second kappa shape index (κ2) is 9.23. The van der Waals surface area contributed by atoms with Crippen molar-refractivity contribution in [1.29, 1.82) is 0 Å². The highest BCUT2D eigenvalue weighted by Crippen LogP contribution is 2.27. The van der Waals surface area contributed by atoms with Crippen molar-refractivity contribution in [2.24, 2.45) is 0 Å². The number of nitrogens with two attached hydrogens (primary N) is 1. The first-order valence-electron chi connectivity index (χ1n) is 9.28. The van der Waals surface area contributed by atoms with E-state index in [4.69, 9.17) is 5.73 Å². The molecule has 0 spiro atoms. The van der Waals surface area contributed by atoms with Crippen LogP contribution in [-0.2, 0) is 12.2 Å². The minimum absolute atomic E-state index is 0.168. The highest BCUT2D eigenvalue weighted by atomic mass is 79.9. The van der Waals surface area contributed by atoms with Gasteiger partial charge in [-0.15, -0.1) is 5.10 Å². The number of hydrogen-bond donors (Lipinski definition) is 3. The maximum absolute atomic E-state index is 5.90.